The van der Waals surface area contributed by atoms with Crippen molar-refractivity contribution in [3.63, 3.8) is 0 Å². The van der Waals surface area contributed by atoms with Gasteiger partial charge in [0.1, 0.15) is 11.5 Å². The summed E-state index contributed by atoms with van der Waals surface area (Å²) in [5.41, 5.74) is 0. The van der Waals surface area contributed by atoms with Crippen LogP contribution in [0.4, 0.5) is 4.39 Å². The molecule has 0 N–H and O–H groups in total. The molecule has 0 rings (SSSR count). The Morgan fingerprint density at radius 3 is 2.20 bits per heavy atom. The summed E-state index contributed by atoms with van der Waals surface area (Å²) in [5.74, 6) is 0. The lowest BCUT2D eigenvalue weighted by atomic mass is 10.9. The molecule has 0 heterocycles. The van der Waals surface area contributed by atoms with Crippen LogP contribution in [0.5, 0.6) is 0 Å². The van der Waals surface area contributed by atoms with Gasteiger partial charge in [-0.05, 0) is 0 Å². The number of hydrogen-bond donors (Lipinski definition) is 0. The largest absolute Gasteiger partial charge is 0.248 e. The first-order chi connectivity index (χ1) is 2.56. The van der Waals surface area contributed by atoms with E-state index in [1.165, 1.54) is 0 Å². The molecule has 3 heteroatoms. The molecule has 0 aromatic carbocycles. The molecule has 0 spiro atoms. The lowest BCUT2D eigenvalue weighted by Crippen LogP contribution is -1.84. The summed E-state index contributed by atoms with van der Waals surface area (Å²) in [6.45, 7) is -1.03. The molecule has 0 aromatic rings. The first-order valence-electron chi connectivity index (χ1n) is 1.50. The van der Waals surface area contributed by atoms with Crippen LogP contribution in [0.2, 0.25) is 0 Å². The van der Waals surface area contributed by atoms with E-state index >= 15 is 0 Å². The fourth-order valence-electron chi connectivity index (χ4n) is 0. The maximum atomic E-state index is 11.0. The van der Waals surface area contributed by atoms with Crippen molar-refractivity contribution >= 4 is 23.2 Å². The second-order valence-electron chi connectivity index (χ2n) is 0.472. The van der Waals surface area contributed by atoms with Gasteiger partial charge in [0.25, 0.3) is 0 Å². The van der Waals surface area contributed by atoms with Crippen molar-refractivity contribution in [1.82, 2.24) is 0 Å². The van der Waals surface area contributed by atoms with E-state index in [0.717, 1.165) is 0 Å². The Balaban J connectivity index is 3.17. The van der Waals surface area contributed by atoms with E-state index in [1.54, 1.807) is 0 Å². The summed E-state index contributed by atoms with van der Waals surface area (Å²) in [4.78, 5) is -1.93. The number of halogens is 3. The highest BCUT2D eigenvalue weighted by Gasteiger charge is 1.90. The lowest BCUT2D eigenvalue weighted by molar-refractivity contribution is 0.517. The van der Waals surface area contributed by atoms with Gasteiger partial charge in [-0.2, -0.15) is 0 Å². The van der Waals surface area contributed by atoms with Crippen LogP contribution in [0.3, 0.4) is 0 Å². The molecular weight excluding hydrogens is 114 g/mol. The van der Waals surface area contributed by atoms with Crippen LogP contribution in [0.1, 0.15) is 1.37 Å². The molecule has 0 saturated carbocycles. The smallest absolute Gasteiger partial charge is 0.136 e. The molecule has 0 aromatic heterocycles. The van der Waals surface area contributed by atoms with Crippen LogP contribution in [-0.4, -0.2) is 11.5 Å². The third-order valence-electron chi connectivity index (χ3n) is 0.101. The van der Waals surface area contributed by atoms with E-state index in [-0.39, 0.29) is 0 Å². The monoisotopic (exact) mass is 117 g/mol. The molecular formula is C2H3Cl2F. The Kier molecular flexibility index (Phi) is 2.02. The SMILES string of the molecule is [2H]C(Cl)(Cl)CF. The van der Waals surface area contributed by atoms with Crippen molar-refractivity contribution in [1.29, 1.82) is 0 Å². The van der Waals surface area contributed by atoms with Gasteiger partial charge in [0.15, 0.2) is 0 Å². The van der Waals surface area contributed by atoms with E-state index in [9.17, 15) is 4.39 Å². The first-order valence-corrected chi connectivity index (χ1v) is 1.75. The van der Waals surface area contributed by atoms with E-state index in [0.29, 0.717) is 0 Å². The predicted octanol–water partition coefficient (Wildman–Crippen LogP) is 1.76. The van der Waals surface area contributed by atoms with Crippen molar-refractivity contribution in [2.24, 2.45) is 0 Å². The molecule has 0 atom stereocenters. The topological polar surface area (TPSA) is 0 Å². The molecule has 0 aliphatic carbocycles. The van der Waals surface area contributed by atoms with E-state index in [1.807, 2.05) is 0 Å². The number of rotatable bonds is 1. The van der Waals surface area contributed by atoms with Crippen LogP contribution in [0, 0.1) is 0 Å². The van der Waals surface area contributed by atoms with Crippen LogP contribution >= 0.6 is 23.2 Å². The molecule has 0 bridgehead atoms. The van der Waals surface area contributed by atoms with Gasteiger partial charge in [0.05, 0.1) is 1.37 Å². The van der Waals surface area contributed by atoms with Crippen molar-refractivity contribution < 1.29 is 5.76 Å². The third-order valence-corrected chi connectivity index (χ3v) is 0.303. The molecule has 0 radical (unpaired) electrons. The van der Waals surface area contributed by atoms with Gasteiger partial charge in [0, 0.05) is 0 Å². The minimum Gasteiger partial charge on any atom is -0.248 e. The maximum Gasteiger partial charge on any atom is 0.136 e. The molecule has 5 heavy (non-hydrogen) atoms. The van der Waals surface area contributed by atoms with Crippen molar-refractivity contribution in [2.45, 2.75) is 4.81 Å². The molecule has 32 valence electrons. The Hall–Kier alpha value is 0.510. The summed E-state index contributed by atoms with van der Waals surface area (Å²) in [5, 5.41) is 0. The first kappa shape index (κ1) is 3.69. The zero-order valence-corrected chi connectivity index (χ0v) is 3.85. The zero-order chi connectivity index (χ0) is 5.21. The fourth-order valence-corrected chi connectivity index (χ4v) is 0. The van der Waals surface area contributed by atoms with Crippen LogP contribution < -0.4 is 0 Å². The number of alkyl halides is 3. The van der Waals surface area contributed by atoms with Gasteiger partial charge in [-0.3, -0.25) is 0 Å². The molecule has 0 amide bonds. The molecule has 0 aliphatic heterocycles. The second-order valence-corrected chi connectivity index (χ2v) is 1.58. The van der Waals surface area contributed by atoms with E-state index in [2.05, 4.69) is 0 Å². The summed E-state index contributed by atoms with van der Waals surface area (Å²) in [6, 6.07) is 0. The minimum absolute atomic E-state index is 1.03. The zero-order valence-electron chi connectivity index (χ0n) is 3.34. The van der Waals surface area contributed by atoms with E-state index in [4.69, 9.17) is 24.6 Å². The van der Waals surface area contributed by atoms with Crippen LogP contribution in [0.15, 0.2) is 0 Å². The normalized spacial score (nSPS) is 14.6. The summed E-state index contributed by atoms with van der Waals surface area (Å²) in [6.07, 6.45) is 0. The highest BCUT2D eigenvalue weighted by atomic mass is 35.5. The van der Waals surface area contributed by atoms with Gasteiger partial charge in [0.2, 0.25) is 0 Å². The Bertz CT molecular complexity index is 41.3. The standard InChI is InChI=1S/C2H3Cl2F/c3-2(4)1-5/h2H,1H2/i2D. The highest BCUT2D eigenvalue weighted by molar-refractivity contribution is 6.44. The van der Waals surface area contributed by atoms with Crippen molar-refractivity contribution in [3.8, 4) is 0 Å². The fraction of sp³-hybridized carbons (Fsp3) is 1.00. The number of hydrogen-bond acceptors (Lipinski definition) is 0. The summed E-state index contributed by atoms with van der Waals surface area (Å²) in [7, 11) is 0. The van der Waals surface area contributed by atoms with Crippen molar-refractivity contribution in [3.05, 3.63) is 0 Å². The Morgan fingerprint density at radius 1 is 2.00 bits per heavy atom. The summed E-state index contributed by atoms with van der Waals surface area (Å²) < 4.78 is 17.4. The average molecular weight is 118 g/mol. The lowest BCUT2D eigenvalue weighted by Gasteiger charge is -1.81. The average Bonchev–Trinajstić information content (AvgIpc) is 1.35. The van der Waals surface area contributed by atoms with Gasteiger partial charge < -0.3 is 0 Å². The van der Waals surface area contributed by atoms with Gasteiger partial charge in [-0.25, -0.2) is 4.39 Å². The predicted molar refractivity (Wildman–Crippen MR) is 21.5 cm³/mol. The quantitative estimate of drug-likeness (QED) is 0.460. The third kappa shape index (κ3) is 4.51. The Morgan fingerprint density at radius 2 is 2.20 bits per heavy atom. The maximum absolute atomic E-state index is 11.0. The van der Waals surface area contributed by atoms with Gasteiger partial charge in [-0.15, -0.1) is 23.2 Å². The molecule has 0 saturated heterocycles. The van der Waals surface area contributed by atoms with Gasteiger partial charge >= 0.3 is 0 Å². The molecule has 0 fully saturated rings. The van der Waals surface area contributed by atoms with E-state index < -0.39 is 11.5 Å². The summed E-state index contributed by atoms with van der Waals surface area (Å²) >= 11 is 9.55. The molecule has 0 aliphatic rings. The van der Waals surface area contributed by atoms with Gasteiger partial charge in [-0.1, -0.05) is 0 Å². The van der Waals surface area contributed by atoms with Crippen molar-refractivity contribution in [2.75, 3.05) is 6.67 Å². The molecule has 0 unspecified atom stereocenters. The second kappa shape index (κ2) is 2.73. The Labute approximate surface area is 41.3 Å². The minimum atomic E-state index is -1.93. The van der Waals surface area contributed by atoms with Crippen LogP contribution in [-0.2, 0) is 0 Å². The van der Waals surface area contributed by atoms with Crippen LogP contribution in [0.25, 0.3) is 0 Å². The molecule has 0 nitrogen and oxygen atoms in total. The highest BCUT2D eigenvalue weighted by Crippen LogP contribution is 1.99.